The van der Waals surface area contributed by atoms with Gasteiger partial charge in [0.15, 0.2) is 5.82 Å². The van der Waals surface area contributed by atoms with E-state index in [2.05, 4.69) is 25.6 Å². The molecular formula is C11H12BrN3O2S2. The predicted molar refractivity (Wildman–Crippen MR) is 81.8 cm³/mol. The van der Waals surface area contributed by atoms with Gasteiger partial charge in [-0.05, 0) is 40.5 Å². The van der Waals surface area contributed by atoms with E-state index in [9.17, 15) is 4.79 Å². The van der Waals surface area contributed by atoms with Crippen LogP contribution in [0.4, 0.5) is 10.8 Å². The molecule has 0 unspecified atom stereocenters. The van der Waals surface area contributed by atoms with Crippen LogP contribution in [0.25, 0.3) is 0 Å². The first-order chi connectivity index (χ1) is 9.11. The van der Waals surface area contributed by atoms with Crippen molar-refractivity contribution < 1.29 is 9.53 Å². The van der Waals surface area contributed by atoms with Gasteiger partial charge in [0, 0.05) is 14.7 Å². The number of nitrogens with zero attached hydrogens (tertiary/aromatic N) is 1. The second kappa shape index (κ2) is 6.36. The van der Waals surface area contributed by atoms with Gasteiger partial charge in [0.1, 0.15) is 10.6 Å². The maximum atomic E-state index is 11.8. The molecule has 0 aliphatic rings. The Labute approximate surface area is 127 Å². The molecule has 0 amide bonds. The Morgan fingerprint density at radius 2 is 2.42 bits per heavy atom. The summed E-state index contributed by atoms with van der Waals surface area (Å²) in [5, 5.41) is 5.81. The summed E-state index contributed by atoms with van der Waals surface area (Å²) in [6.45, 7) is 2.68. The SMILES string of the molecule is CCOC(=O)c1c(N)nsc1NCc1cc(Br)cs1. The van der Waals surface area contributed by atoms with Crippen LogP contribution in [-0.2, 0) is 11.3 Å². The van der Waals surface area contributed by atoms with Crippen LogP contribution in [0.1, 0.15) is 22.2 Å². The van der Waals surface area contributed by atoms with Gasteiger partial charge in [0.05, 0.1) is 13.2 Å². The van der Waals surface area contributed by atoms with Gasteiger partial charge in [-0.15, -0.1) is 11.3 Å². The van der Waals surface area contributed by atoms with Gasteiger partial charge < -0.3 is 15.8 Å². The Morgan fingerprint density at radius 3 is 3.05 bits per heavy atom. The Kier molecular flexibility index (Phi) is 4.78. The van der Waals surface area contributed by atoms with E-state index in [4.69, 9.17) is 10.5 Å². The average molecular weight is 362 g/mol. The van der Waals surface area contributed by atoms with E-state index >= 15 is 0 Å². The van der Waals surface area contributed by atoms with Gasteiger partial charge >= 0.3 is 5.97 Å². The standard InChI is InChI=1S/C11H12BrN3O2S2/c1-2-17-11(16)8-9(13)15-19-10(8)14-4-7-3-6(12)5-18-7/h3,5,14H,2,4H2,1H3,(H2,13,15). The van der Waals surface area contributed by atoms with Crippen LogP contribution < -0.4 is 11.1 Å². The quantitative estimate of drug-likeness (QED) is 0.798. The van der Waals surface area contributed by atoms with Crippen LogP contribution >= 0.6 is 38.8 Å². The number of aromatic nitrogens is 1. The molecule has 2 rings (SSSR count). The number of nitrogen functional groups attached to an aromatic ring is 1. The zero-order valence-electron chi connectivity index (χ0n) is 10.1. The summed E-state index contributed by atoms with van der Waals surface area (Å²) in [5.41, 5.74) is 6.02. The van der Waals surface area contributed by atoms with Crippen molar-refractivity contribution in [2.24, 2.45) is 0 Å². The van der Waals surface area contributed by atoms with Crippen LogP contribution in [0.2, 0.25) is 0 Å². The second-order valence-electron chi connectivity index (χ2n) is 3.58. The molecule has 8 heteroatoms. The number of nitrogens with two attached hydrogens (primary N) is 1. The van der Waals surface area contributed by atoms with Gasteiger partial charge in [-0.25, -0.2) is 4.79 Å². The van der Waals surface area contributed by atoms with E-state index in [0.717, 1.165) is 20.9 Å². The van der Waals surface area contributed by atoms with Gasteiger partial charge in [0.25, 0.3) is 0 Å². The van der Waals surface area contributed by atoms with Crippen molar-refractivity contribution in [2.75, 3.05) is 17.7 Å². The summed E-state index contributed by atoms with van der Waals surface area (Å²) in [6, 6.07) is 2.02. The number of carbonyl (C=O) groups excluding carboxylic acids is 1. The highest BCUT2D eigenvalue weighted by Crippen LogP contribution is 2.29. The van der Waals surface area contributed by atoms with Gasteiger partial charge in [-0.2, -0.15) is 4.37 Å². The third-order valence-corrected chi connectivity index (χ3v) is 4.76. The highest BCUT2D eigenvalue weighted by molar-refractivity contribution is 9.10. The summed E-state index contributed by atoms with van der Waals surface area (Å²) in [4.78, 5) is 12.9. The molecule has 0 radical (unpaired) electrons. The van der Waals surface area contributed by atoms with Crippen LogP contribution in [-0.4, -0.2) is 16.9 Å². The summed E-state index contributed by atoms with van der Waals surface area (Å²) >= 11 is 6.19. The fraction of sp³-hybridized carbons (Fsp3) is 0.273. The topological polar surface area (TPSA) is 77.2 Å². The average Bonchev–Trinajstić information content (AvgIpc) is 2.93. The summed E-state index contributed by atoms with van der Waals surface area (Å²) < 4.78 is 10.00. The Hall–Kier alpha value is -1.12. The second-order valence-corrected chi connectivity index (χ2v) is 6.26. The maximum absolute atomic E-state index is 11.8. The number of halogens is 1. The van der Waals surface area contributed by atoms with E-state index in [1.807, 2.05) is 11.4 Å². The van der Waals surface area contributed by atoms with Crippen molar-refractivity contribution in [1.82, 2.24) is 4.37 Å². The number of rotatable bonds is 5. The first-order valence-corrected chi connectivity index (χ1v) is 7.95. The van der Waals surface area contributed by atoms with Crippen molar-refractivity contribution in [1.29, 1.82) is 0 Å². The number of nitrogens with one attached hydrogen (secondary N) is 1. The summed E-state index contributed by atoms with van der Waals surface area (Å²) in [5.74, 6) is -0.234. The molecule has 0 atom stereocenters. The van der Waals surface area contributed by atoms with Gasteiger partial charge in [-0.3, -0.25) is 0 Å². The predicted octanol–water partition coefficient (Wildman–Crippen LogP) is 3.34. The first kappa shape index (κ1) is 14.3. The molecule has 19 heavy (non-hydrogen) atoms. The molecule has 0 aliphatic heterocycles. The van der Waals surface area contributed by atoms with E-state index in [-0.39, 0.29) is 5.82 Å². The van der Waals surface area contributed by atoms with E-state index < -0.39 is 5.97 Å². The lowest BCUT2D eigenvalue weighted by molar-refractivity contribution is 0.0529. The minimum Gasteiger partial charge on any atom is -0.462 e. The number of hydrogen-bond donors (Lipinski definition) is 2. The van der Waals surface area contributed by atoms with Crippen LogP contribution in [0.15, 0.2) is 15.9 Å². The number of hydrogen-bond acceptors (Lipinski definition) is 7. The fourth-order valence-corrected chi connectivity index (χ4v) is 3.53. The van der Waals surface area contributed by atoms with Crippen molar-refractivity contribution in [3.63, 3.8) is 0 Å². The lowest BCUT2D eigenvalue weighted by atomic mass is 10.3. The van der Waals surface area contributed by atoms with Crippen LogP contribution in [0, 0.1) is 0 Å². The number of ether oxygens (including phenoxy) is 1. The summed E-state index contributed by atoms with van der Waals surface area (Å²) in [6.07, 6.45) is 0. The molecular weight excluding hydrogens is 350 g/mol. The maximum Gasteiger partial charge on any atom is 0.344 e. The van der Waals surface area contributed by atoms with Gasteiger partial charge in [0.2, 0.25) is 0 Å². The zero-order chi connectivity index (χ0) is 13.8. The fourth-order valence-electron chi connectivity index (χ4n) is 1.44. The van der Waals surface area contributed by atoms with E-state index in [0.29, 0.717) is 23.7 Å². The third kappa shape index (κ3) is 3.46. The first-order valence-electron chi connectivity index (χ1n) is 5.50. The lowest BCUT2D eigenvalue weighted by Gasteiger charge is -2.05. The number of carbonyl (C=O) groups is 1. The molecule has 0 saturated heterocycles. The Bertz CT molecular complexity index is 582. The Morgan fingerprint density at radius 1 is 1.63 bits per heavy atom. The normalized spacial score (nSPS) is 10.4. The third-order valence-electron chi connectivity index (χ3n) is 2.24. The molecule has 5 nitrogen and oxygen atoms in total. The van der Waals surface area contributed by atoms with E-state index in [1.165, 1.54) is 0 Å². The van der Waals surface area contributed by atoms with Crippen LogP contribution in [0.5, 0.6) is 0 Å². The molecule has 102 valence electrons. The van der Waals surface area contributed by atoms with Crippen molar-refractivity contribution in [3.8, 4) is 0 Å². The molecule has 0 bridgehead atoms. The smallest absolute Gasteiger partial charge is 0.344 e. The molecule has 0 aliphatic carbocycles. The number of esters is 1. The van der Waals surface area contributed by atoms with E-state index in [1.54, 1.807) is 18.3 Å². The minimum atomic E-state index is -0.441. The molecule has 0 saturated carbocycles. The molecule has 2 aromatic rings. The number of thiophene rings is 1. The van der Waals surface area contributed by atoms with Crippen LogP contribution in [0.3, 0.4) is 0 Å². The molecule has 0 aromatic carbocycles. The molecule has 3 N–H and O–H groups in total. The number of anilines is 2. The molecule has 0 fully saturated rings. The van der Waals surface area contributed by atoms with Crippen molar-refractivity contribution >= 4 is 55.6 Å². The summed E-state index contributed by atoms with van der Waals surface area (Å²) in [7, 11) is 0. The molecule has 0 spiro atoms. The van der Waals surface area contributed by atoms with Gasteiger partial charge in [-0.1, -0.05) is 0 Å². The molecule has 2 heterocycles. The van der Waals surface area contributed by atoms with Crippen molar-refractivity contribution in [3.05, 3.63) is 26.4 Å². The molecule has 2 aromatic heterocycles. The Balaban J connectivity index is 2.10. The zero-order valence-corrected chi connectivity index (χ0v) is 13.3. The lowest BCUT2D eigenvalue weighted by Crippen LogP contribution is -2.09. The largest absolute Gasteiger partial charge is 0.462 e. The van der Waals surface area contributed by atoms with Crippen molar-refractivity contribution in [2.45, 2.75) is 13.5 Å². The highest BCUT2D eigenvalue weighted by Gasteiger charge is 2.20. The minimum absolute atomic E-state index is 0.207. The monoisotopic (exact) mass is 361 g/mol. The highest BCUT2D eigenvalue weighted by atomic mass is 79.9.